The molecule has 4 unspecified atom stereocenters. The van der Waals surface area contributed by atoms with Crippen molar-refractivity contribution in [1.82, 2.24) is 0 Å². The summed E-state index contributed by atoms with van der Waals surface area (Å²) in [4.78, 5) is 0. The highest BCUT2D eigenvalue weighted by atomic mass is 16.3. The van der Waals surface area contributed by atoms with E-state index in [0.717, 1.165) is 54.3 Å². The van der Waals surface area contributed by atoms with Crippen molar-refractivity contribution in [3.63, 3.8) is 0 Å². The Morgan fingerprint density at radius 3 is 2.25 bits per heavy atom. The Kier molecular flexibility index (Phi) is 7.56. The lowest BCUT2D eigenvalue weighted by Gasteiger charge is -2.62. The van der Waals surface area contributed by atoms with Crippen LogP contribution in [-0.4, -0.2) is 11.2 Å². The number of rotatable bonds is 7. The smallest absolute Gasteiger partial charge is 0.0574 e. The Morgan fingerprint density at radius 1 is 0.844 bits per heavy atom. The van der Waals surface area contributed by atoms with Gasteiger partial charge in [-0.1, -0.05) is 66.0 Å². The maximum absolute atomic E-state index is 10.9. The summed E-state index contributed by atoms with van der Waals surface area (Å²) in [6.45, 7) is 14.9. The molecule has 1 heteroatoms. The Bertz CT molecular complexity index is 651. The van der Waals surface area contributed by atoms with E-state index in [4.69, 9.17) is 0 Å². The second-order valence-corrected chi connectivity index (χ2v) is 13.7. The average molecular weight is 443 g/mol. The van der Waals surface area contributed by atoms with Crippen LogP contribution in [0.2, 0.25) is 0 Å². The minimum Gasteiger partial charge on any atom is -0.393 e. The maximum Gasteiger partial charge on any atom is 0.0574 e. The van der Waals surface area contributed by atoms with E-state index in [1.165, 1.54) is 64.2 Å². The molecule has 4 aliphatic rings. The second kappa shape index (κ2) is 9.75. The quantitative estimate of drug-likeness (QED) is 0.391. The zero-order valence-corrected chi connectivity index (χ0v) is 22.3. The van der Waals surface area contributed by atoms with Gasteiger partial charge in [-0.05, 0) is 123 Å². The van der Waals surface area contributed by atoms with Crippen molar-refractivity contribution in [2.45, 2.75) is 125 Å². The molecule has 4 aliphatic carbocycles. The standard InChI is InChI=1S/C31H54O/c1-7-8-12-24-27-14-13-23-26-16-15-25(22(4)11-9-10-21(2)3)30(26,5)19-17-28(23)31(27,6)20-18-29(24)32/h7-8,21-29,32H,9-20H2,1-6H3/b8-7+/t22-,23?,24+,25-,26?,27?,28?,29+,30-,31+/m1/s1. The van der Waals surface area contributed by atoms with Gasteiger partial charge in [0.1, 0.15) is 0 Å². The largest absolute Gasteiger partial charge is 0.393 e. The zero-order chi connectivity index (χ0) is 23.1. The first-order valence-electron chi connectivity index (χ1n) is 14.5. The SMILES string of the molecule is C/C=C/C[C@H]1C2CCC3C(CC[C@@]4(C)C3CC[C@@H]4[C@H](C)CCCC(C)C)[C@@]2(C)CC[C@@H]1O. The van der Waals surface area contributed by atoms with Crippen LogP contribution in [0.1, 0.15) is 119 Å². The number of hydrogen-bond donors (Lipinski definition) is 1. The van der Waals surface area contributed by atoms with Gasteiger partial charge in [-0.25, -0.2) is 0 Å². The molecular formula is C31H54O. The van der Waals surface area contributed by atoms with Gasteiger partial charge < -0.3 is 5.11 Å². The number of fused-ring (bicyclic) bond motifs is 5. The summed E-state index contributed by atoms with van der Waals surface area (Å²) in [5.74, 6) is 6.79. The number of aliphatic hydroxyl groups is 1. The van der Waals surface area contributed by atoms with Gasteiger partial charge in [-0.2, -0.15) is 0 Å². The van der Waals surface area contributed by atoms with Gasteiger partial charge in [0.25, 0.3) is 0 Å². The van der Waals surface area contributed by atoms with Gasteiger partial charge in [0.2, 0.25) is 0 Å². The molecule has 0 bridgehead atoms. The van der Waals surface area contributed by atoms with E-state index in [9.17, 15) is 5.11 Å². The Hall–Kier alpha value is -0.300. The Labute approximate surface area is 200 Å². The predicted molar refractivity (Wildman–Crippen MR) is 137 cm³/mol. The summed E-state index contributed by atoms with van der Waals surface area (Å²) in [5, 5.41) is 10.9. The minimum absolute atomic E-state index is 0.0720. The molecule has 184 valence electrons. The fourth-order valence-corrected chi connectivity index (χ4v) is 10.1. The molecule has 0 radical (unpaired) electrons. The summed E-state index contributed by atoms with van der Waals surface area (Å²) < 4.78 is 0. The molecule has 0 heterocycles. The van der Waals surface area contributed by atoms with E-state index < -0.39 is 0 Å². The van der Waals surface area contributed by atoms with E-state index in [1.807, 2.05) is 0 Å². The highest BCUT2D eigenvalue weighted by molar-refractivity contribution is 5.11. The summed E-state index contributed by atoms with van der Waals surface area (Å²) in [7, 11) is 0. The van der Waals surface area contributed by atoms with Crippen LogP contribution in [0.3, 0.4) is 0 Å². The van der Waals surface area contributed by atoms with Crippen molar-refractivity contribution < 1.29 is 5.11 Å². The third kappa shape index (κ3) is 4.27. The van der Waals surface area contributed by atoms with Crippen LogP contribution in [0.4, 0.5) is 0 Å². The van der Waals surface area contributed by atoms with Crippen molar-refractivity contribution in [3.8, 4) is 0 Å². The van der Waals surface area contributed by atoms with Crippen LogP contribution in [0, 0.1) is 58.2 Å². The number of allylic oxidation sites excluding steroid dienone is 2. The zero-order valence-electron chi connectivity index (χ0n) is 22.3. The minimum atomic E-state index is -0.0720. The van der Waals surface area contributed by atoms with Crippen molar-refractivity contribution in [2.75, 3.05) is 0 Å². The fraction of sp³-hybridized carbons (Fsp3) is 0.935. The lowest BCUT2D eigenvalue weighted by molar-refractivity contribution is -0.152. The first-order valence-corrected chi connectivity index (χ1v) is 14.5. The Balaban J connectivity index is 1.48. The molecule has 10 atom stereocenters. The second-order valence-electron chi connectivity index (χ2n) is 13.7. The molecule has 32 heavy (non-hydrogen) atoms. The first kappa shape index (κ1) is 24.8. The van der Waals surface area contributed by atoms with Gasteiger partial charge in [-0.3, -0.25) is 0 Å². The van der Waals surface area contributed by atoms with Crippen LogP contribution in [-0.2, 0) is 0 Å². The molecule has 0 spiro atoms. The summed E-state index contributed by atoms with van der Waals surface area (Å²) in [6, 6.07) is 0. The summed E-state index contributed by atoms with van der Waals surface area (Å²) in [5.41, 5.74) is 1.07. The molecule has 1 nitrogen and oxygen atoms in total. The van der Waals surface area contributed by atoms with Crippen molar-refractivity contribution in [2.24, 2.45) is 58.2 Å². The Morgan fingerprint density at radius 2 is 1.53 bits per heavy atom. The predicted octanol–water partition coefficient (Wildman–Crippen LogP) is 8.66. The molecular weight excluding hydrogens is 388 g/mol. The molecule has 0 aromatic heterocycles. The molecule has 4 saturated carbocycles. The van der Waals surface area contributed by atoms with Gasteiger partial charge in [0.15, 0.2) is 0 Å². The number of hydrogen-bond acceptors (Lipinski definition) is 1. The van der Waals surface area contributed by atoms with E-state index in [1.54, 1.807) is 0 Å². The molecule has 0 amide bonds. The highest BCUT2D eigenvalue weighted by Gasteiger charge is 2.61. The van der Waals surface area contributed by atoms with Gasteiger partial charge in [0, 0.05) is 0 Å². The van der Waals surface area contributed by atoms with E-state index in [-0.39, 0.29) is 6.10 Å². The average Bonchev–Trinajstić information content (AvgIpc) is 3.10. The molecule has 0 aromatic carbocycles. The fourth-order valence-electron chi connectivity index (χ4n) is 10.1. The molecule has 1 N–H and O–H groups in total. The maximum atomic E-state index is 10.9. The van der Waals surface area contributed by atoms with Gasteiger partial charge >= 0.3 is 0 Å². The van der Waals surface area contributed by atoms with Gasteiger partial charge in [0.05, 0.1) is 6.10 Å². The van der Waals surface area contributed by atoms with Gasteiger partial charge in [-0.15, -0.1) is 0 Å². The number of aliphatic hydroxyl groups excluding tert-OH is 1. The molecule has 0 aliphatic heterocycles. The van der Waals surface area contributed by atoms with Crippen LogP contribution in [0.15, 0.2) is 12.2 Å². The highest BCUT2D eigenvalue weighted by Crippen LogP contribution is 2.69. The van der Waals surface area contributed by atoms with Crippen LogP contribution in [0.5, 0.6) is 0 Å². The lowest BCUT2D eigenvalue weighted by Crippen LogP contribution is -2.56. The molecule has 0 saturated heterocycles. The summed E-state index contributed by atoms with van der Waals surface area (Å²) in [6.07, 6.45) is 20.9. The van der Waals surface area contributed by atoms with E-state index in [0.29, 0.717) is 16.7 Å². The summed E-state index contributed by atoms with van der Waals surface area (Å²) >= 11 is 0. The van der Waals surface area contributed by atoms with Crippen molar-refractivity contribution >= 4 is 0 Å². The molecule has 4 rings (SSSR count). The first-order chi connectivity index (χ1) is 15.2. The van der Waals surface area contributed by atoms with Crippen LogP contribution >= 0.6 is 0 Å². The monoisotopic (exact) mass is 442 g/mol. The molecule has 0 aromatic rings. The lowest BCUT2D eigenvalue weighted by atomic mass is 9.43. The molecule has 4 fully saturated rings. The van der Waals surface area contributed by atoms with Crippen LogP contribution < -0.4 is 0 Å². The third-order valence-electron chi connectivity index (χ3n) is 11.8. The van der Waals surface area contributed by atoms with Crippen LogP contribution in [0.25, 0.3) is 0 Å². The van der Waals surface area contributed by atoms with E-state index >= 15 is 0 Å². The normalized spacial score (nSPS) is 47.3. The van der Waals surface area contributed by atoms with Crippen molar-refractivity contribution in [3.05, 3.63) is 12.2 Å². The third-order valence-corrected chi connectivity index (χ3v) is 11.8. The topological polar surface area (TPSA) is 20.2 Å². The van der Waals surface area contributed by atoms with E-state index in [2.05, 4.69) is 53.7 Å². The van der Waals surface area contributed by atoms with Crippen molar-refractivity contribution in [1.29, 1.82) is 0 Å².